The van der Waals surface area contributed by atoms with Crippen LogP contribution in [0.4, 0.5) is 5.82 Å². The molecule has 5 heteroatoms. The topological polar surface area (TPSA) is 47.0 Å². The average molecular weight is 288 g/mol. The Morgan fingerprint density at radius 2 is 2.06 bits per heavy atom. The minimum Gasteiger partial charge on any atom is -0.384 e. The molecular weight excluding hydrogens is 270 g/mol. The fourth-order valence-electron chi connectivity index (χ4n) is 1.42. The van der Waals surface area contributed by atoms with Crippen LogP contribution in [0.2, 0.25) is 0 Å². The molecule has 0 aliphatic rings. The van der Waals surface area contributed by atoms with Crippen molar-refractivity contribution in [3.05, 3.63) is 16.0 Å². The molecule has 1 aromatic rings. The van der Waals surface area contributed by atoms with Crippen LogP contribution in [0.3, 0.4) is 0 Å². The highest BCUT2D eigenvalue weighted by atomic mass is 79.9. The molecule has 1 heterocycles. The molecule has 0 saturated carbocycles. The molecule has 1 N–H and O–H groups in total. The predicted octanol–water partition coefficient (Wildman–Crippen LogP) is 2.42. The highest BCUT2D eigenvalue weighted by Gasteiger charge is 2.10. The molecule has 0 atom stereocenters. The second kappa shape index (κ2) is 6.81. The lowest BCUT2D eigenvalue weighted by Gasteiger charge is -2.10. The van der Waals surface area contributed by atoms with E-state index in [0.717, 1.165) is 41.1 Å². The molecule has 0 amide bonds. The summed E-state index contributed by atoms with van der Waals surface area (Å²) in [5.74, 6) is 1.68. The quantitative estimate of drug-likeness (QED) is 0.873. The van der Waals surface area contributed by atoms with Gasteiger partial charge in [-0.25, -0.2) is 9.97 Å². The molecule has 0 radical (unpaired) electrons. The van der Waals surface area contributed by atoms with Crippen molar-refractivity contribution in [3.63, 3.8) is 0 Å². The highest BCUT2D eigenvalue weighted by Crippen LogP contribution is 2.24. The molecule has 1 rings (SSSR count). The van der Waals surface area contributed by atoms with Crippen molar-refractivity contribution >= 4 is 21.7 Å². The van der Waals surface area contributed by atoms with E-state index >= 15 is 0 Å². The number of methoxy groups -OCH3 is 1. The number of nitrogens with one attached hydrogen (secondary N) is 1. The van der Waals surface area contributed by atoms with E-state index in [9.17, 15) is 0 Å². The zero-order chi connectivity index (χ0) is 12.0. The number of halogens is 1. The molecular formula is C11H18BrN3O. The third kappa shape index (κ3) is 3.42. The van der Waals surface area contributed by atoms with Crippen LogP contribution in [0.1, 0.15) is 24.9 Å². The first-order valence-electron chi connectivity index (χ1n) is 5.44. The van der Waals surface area contributed by atoms with Crippen molar-refractivity contribution < 1.29 is 4.74 Å². The number of rotatable bonds is 6. The van der Waals surface area contributed by atoms with E-state index in [2.05, 4.69) is 38.1 Å². The van der Waals surface area contributed by atoms with Crippen LogP contribution in [-0.2, 0) is 17.6 Å². The number of anilines is 1. The van der Waals surface area contributed by atoms with E-state index < -0.39 is 0 Å². The van der Waals surface area contributed by atoms with Gasteiger partial charge in [-0.15, -0.1) is 0 Å². The molecule has 0 saturated heterocycles. The van der Waals surface area contributed by atoms with Crippen LogP contribution in [-0.4, -0.2) is 30.7 Å². The summed E-state index contributed by atoms with van der Waals surface area (Å²) in [6, 6.07) is 0. The van der Waals surface area contributed by atoms with Gasteiger partial charge in [0.15, 0.2) is 0 Å². The van der Waals surface area contributed by atoms with Crippen LogP contribution < -0.4 is 5.32 Å². The zero-order valence-electron chi connectivity index (χ0n) is 10.0. The summed E-state index contributed by atoms with van der Waals surface area (Å²) in [4.78, 5) is 8.95. The van der Waals surface area contributed by atoms with Crippen molar-refractivity contribution in [3.8, 4) is 0 Å². The number of hydrogen-bond acceptors (Lipinski definition) is 4. The minimum atomic E-state index is 0.649. The van der Waals surface area contributed by atoms with Crippen molar-refractivity contribution in [2.75, 3.05) is 26.1 Å². The fourth-order valence-corrected chi connectivity index (χ4v) is 1.99. The number of hydrogen-bond donors (Lipinski definition) is 1. The van der Waals surface area contributed by atoms with Gasteiger partial charge in [0.2, 0.25) is 0 Å². The Balaban J connectivity index is 2.97. The van der Waals surface area contributed by atoms with Crippen molar-refractivity contribution in [1.82, 2.24) is 9.97 Å². The number of ether oxygens (including phenoxy) is 1. The van der Waals surface area contributed by atoms with Gasteiger partial charge in [-0.1, -0.05) is 13.3 Å². The van der Waals surface area contributed by atoms with E-state index in [4.69, 9.17) is 4.74 Å². The first-order valence-corrected chi connectivity index (χ1v) is 6.24. The second-order valence-corrected chi connectivity index (χ2v) is 4.28. The standard InChI is InChI=1S/C11H18BrN3O/c1-4-5-8-10(12)11(13-2)15-9(14-8)6-7-16-3/h4-7H2,1-3H3,(H,13,14,15). The first-order chi connectivity index (χ1) is 7.72. The lowest BCUT2D eigenvalue weighted by Crippen LogP contribution is -2.08. The molecule has 0 aliphatic heterocycles. The van der Waals surface area contributed by atoms with E-state index in [1.807, 2.05) is 7.05 Å². The molecule has 0 bridgehead atoms. The van der Waals surface area contributed by atoms with E-state index in [0.29, 0.717) is 6.61 Å². The molecule has 0 fully saturated rings. The Morgan fingerprint density at radius 1 is 1.31 bits per heavy atom. The summed E-state index contributed by atoms with van der Waals surface area (Å²) in [7, 11) is 3.55. The Labute approximate surface area is 105 Å². The highest BCUT2D eigenvalue weighted by molar-refractivity contribution is 9.10. The Bertz CT molecular complexity index is 344. The van der Waals surface area contributed by atoms with Gasteiger partial charge in [0.25, 0.3) is 0 Å². The molecule has 0 aromatic carbocycles. The molecule has 90 valence electrons. The number of nitrogens with zero attached hydrogens (tertiary/aromatic N) is 2. The third-order valence-electron chi connectivity index (χ3n) is 2.22. The molecule has 1 aromatic heterocycles. The largest absolute Gasteiger partial charge is 0.384 e. The van der Waals surface area contributed by atoms with Crippen LogP contribution in [0, 0.1) is 0 Å². The van der Waals surface area contributed by atoms with Gasteiger partial charge >= 0.3 is 0 Å². The molecule has 0 unspecified atom stereocenters. The molecule has 4 nitrogen and oxygen atoms in total. The van der Waals surface area contributed by atoms with Crippen LogP contribution in [0.5, 0.6) is 0 Å². The second-order valence-electron chi connectivity index (χ2n) is 3.49. The maximum atomic E-state index is 5.04. The van der Waals surface area contributed by atoms with E-state index in [1.54, 1.807) is 7.11 Å². The van der Waals surface area contributed by atoms with Crippen molar-refractivity contribution in [1.29, 1.82) is 0 Å². The average Bonchev–Trinajstić information content (AvgIpc) is 2.30. The fraction of sp³-hybridized carbons (Fsp3) is 0.636. The van der Waals surface area contributed by atoms with Crippen molar-refractivity contribution in [2.45, 2.75) is 26.2 Å². The van der Waals surface area contributed by atoms with Gasteiger partial charge in [0.05, 0.1) is 16.8 Å². The lowest BCUT2D eigenvalue weighted by atomic mass is 10.2. The van der Waals surface area contributed by atoms with Crippen molar-refractivity contribution in [2.24, 2.45) is 0 Å². The normalized spacial score (nSPS) is 10.5. The SMILES string of the molecule is CCCc1nc(CCOC)nc(NC)c1Br. The van der Waals surface area contributed by atoms with E-state index in [1.165, 1.54) is 0 Å². The van der Waals surface area contributed by atoms with Gasteiger partial charge in [0.1, 0.15) is 11.6 Å². The summed E-state index contributed by atoms with van der Waals surface area (Å²) >= 11 is 3.53. The number of aryl methyl sites for hydroxylation is 1. The minimum absolute atomic E-state index is 0.649. The predicted molar refractivity (Wildman–Crippen MR) is 68.9 cm³/mol. The summed E-state index contributed by atoms with van der Waals surface area (Å²) in [5.41, 5.74) is 1.06. The van der Waals surface area contributed by atoms with E-state index in [-0.39, 0.29) is 0 Å². The Morgan fingerprint density at radius 3 is 2.62 bits per heavy atom. The monoisotopic (exact) mass is 287 g/mol. The summed E-state index contributed by atoms with van der Waals surface area (Å²) < 4.78 is 6.01. The molecule has 0 aliphatic carbocycles. The lowest BCUT2D eigenvalue weighted by molar-refractivity contribution is 0.200. The summed E-state index contributed by atoms with van der Waals surface area (Å²) in [5, 5.41) is 3.07. The third-order valence-corrected chi connectivity index (χ3v) is 3.05. The smallest absolute Gasteiger partial charge is 0.144 e. The maximum absolute atomic E-state index is 5.04. The molecule has 0 spiro atoms. The first kappa shape index (κ1) is 13.4. The van der Waals surface area contributed by atoms with Gasteiger partial charge in [-0.2, -0.15) is 0 Å². The van der Waals surface area contributed by atoms with Gasteiger partial charge in [-0.05, 0) is 22.4 Å². The summed E-state index contributed by atoms with van der Waals surface area (Å²) in [6.45, 7) is 2.79. The zero-order valence-corrected chi connectivity index (χ0v) is 11.6. The number of aromatic nitrogens is 2. The van der Waals surface area contributed by atoms with Crippen LogP contribution in [0.15, 0.2) is 4.47 Å². The maximum Gasteiger partial charge on any atom is 0.144 e. The molecule has 16 heavy (non-hydrogen) atoms. The van der Waals surface area contributed by atoms with Crippen LogP contribution in [0.25, 0.3) is 0 Å². The Hall–Kier alpha value is -0.680. The summed E-state index contributed by atoms with van der Waals surface area (Å²) in [6.07, 6.45) is 2.77. The van der Waals surface area contributed by atoms with Crippen LogP contribution >= 0.6 is 15.9 Å². The van der Waals surface area contributed by atoms with Gasteiger partial charge < -0.3 is 10.1 Å². The van der Waals surface area contributed by atoms with Gasteiger partial charge in [-0.3, -0.25) is 0 Å². The Kier molecular flexibility index (Phi) is 5.69. The van der Waals surface area contributed by atoms with Gasteiger partial charge in [0, 0.05) is 20.6 Å².